The summed E-state index contributed by atoms with van der Waals surface area (Å²) >= 11 is 0. The number of nitrogens with zero attached hydrogens (tertiary/aromatic N) is 1. The van der Waals surface area contributed by atoms with Crippen LogP contribution in [0.2, 0.25) is 0 Å². The van der Waals surface area contributed by atoms with E-state index in [1.54, 1.807) is 24.1 Å². The topological polar surface area (TPSA) is 46.3 Å². The van der Waals surface area contributed by atoms with Crippen LogP contribution >= 0.6 is 0 Å². The maximum Gasteiger partial charge on any atom is 0.226 e. The molecule has 1 amide bonds. The molecule has 4 heteroatoms. The average Bonchev–Trinajstić information content (AvgIpc) is 2.37. The molecule has 1 rings (SSSR count). The Labute approximate surface area is 108 Å². The summed E-state index contributed by atoms with van der Waals surface area (Å²) in [7, 11) is 1.80. The highest BCUT2D eigenvalue weighted by molar-refractivity contribution is 5.78. The number of unbranched alkanes of at least 4 members (excludes halogenated alkanes) is 2. The van der Waals surface area contributed by atoms with Gasteiger partial charge >= 0.3 is 0 Å². The van der Waals surface area contributed by atoms with Gasteiger partial charge in [0.1, 0.15) is 5.82 Å². The minimum Gasteiger partial charge on any atom is -0.345 e. The molecule has 0 unspecified atom stereocenters. The van der Waals surface area contributed by atoms with Crippen molar-refractivity contribution in [1.29, 1.82) is 0 Å². The predicted molar refractivity (Wildman–Crippen MR) is 70.6 cm³/mol. The fourth-order valence-corrected chi connectivity index (χ4v) is 1.71. The van der Waals surface area contributed by atoms with Gasteiger partial charge in [0.05, 0.1) is 6.42 Å². The van der Waals surface area contributed by atoms with Gasteiger partial charge in [-0.15, -0.1) is 0 Å². The Morgan fingerprint density at radius 2 is 1.89 bits per heavy atom. The molecular formula is C14H21FN2O. The van der Waals surface area contributed by atoms with Crippen LogP contribution in [0.15, 0.2) is 24.3 Å². The molecule has 0 saturated carbocycles. The van der Waals surface area contributed by atoms with Crippen molar-refractivity contribution in [2.24, 2.45) is 5.73 Å². The molecule has 1 aromatic rings. The molecule has 1 aromatic carbocycles. The first kappa shape index (κ1) is 14.6. The maximum atomic E-state index is 12.7. The lowest BCUT2D eigenvalue weighted by Crippen LogP contribution is -2.29. The molecule has 0 aliphatic rings. The molecule has 18 heavy (non-hydrogen) atoms. The zero-order chi connectivity index (χ0) is 13.4. The Kier molecular flexibility index (Phi) is 6.36. The summed E-state index contributed by atoms with van der Waals surface area (Å²) in [5.74, 6) is -0.212. The van der Waals surface area contributed by atoms with E-state index < -0.39 is 0 Å². The highest BCUT2D eigenvalue weighted by Crippen LogP contribution is 2.06. The summed E-state index contributed by atoms with van der Waals surface area (Å²) in [6, 6.07) is 6.05. The van der Waals surface area contributed by atoms with Crippen LogP contribution in [0, 0.1) is 5.82 Å². The van der Waals surface area contributed by atoms with Gasteiger partial charge in [0.25, 0.3) is 0 Å². The van der Waals surface area contributed by atoms with E-state index in [2.05, 4.69) is 0 Å². The van der Waals surface area contributed by atoms with Crippen molar-refractivity contribution in [3.8, 4) is 0 Å². The molecule has 0 atom stereocenters. The molecular weight excluding hydrogens is 231 g/mol. The number of nitrogens with two attached hydrogens (primary N) is 1. The van der Waals surface area contributed by atoms with E-state index in [0.717, 1.165) is 31.4 Å². The van der Waals surface area contributed by atoms with Crippen LogP contribution in [0.1, 0.15) is 24.8 Å². The smallest absolute Gasteiger partial charge is 0.226 e. The standard InChI is InChI=1S/C14H21FN2O/c1-17(10-4-2-3-9-16)14(18)11-12-5-7-13(15)8-6-12/h5-8H,2-4,9-11,16H2,1H3. The van der Waals surface area contributed by atoms with Crippen molar-refractivity contribution < 1.29 is 9.18 Å². The number of amides is 1. The molecule has 0 heterocycles. The van der Waals surface area contributed by atoms with E-state index >= 15 is 0 Å². The van der Waals surface area contributed by atoms with Gasteiger partial charge in [0, 0.05) is 13.6 Å². The van der Waals surface area contributed by atoms with Crippen LogP contribution in [-0.4, -0.2) is 30.9 Å². The number of rotatable bonds is 7. The van der Waals surface area contributed by atoms with E-state index in [1.807, 2.05) is 0 Å². The molecule has 0 fully saturated rings. The normalized spacial score (nSPS) is 10.4. The SMILES string of the molecule is CN(CCCCCN)C(=O)Cc1ccc(F)cc1. The number of carbonyl (C=O) groups is 1. The predicted octanol–water partition coefficient (Wildman–Crippen LogP) is 1.96. The van der Waals surface area contributed by atoms with Crippen LogP contribution < -0.4 is 5.73 Å². The first-order chi connectivity index (χ1) is 8.63. The monoisotopic (exact) mass is 252 g/mol. The second-order valence-electron chi connectivity index (χ2n) is 4.47. The number of likely N-dealkylation sites (N-methyl/N-ethyl adjacent to an activating group) is 1. The van der Waals surface area contributed by atoms with E-state index in [9.17, 15) is 9.18 Å². The minimum absolute atomic E-state index is 0.0642. The van der Waals surface area contributed by atoms with Gasteiger partial charge in [0.15, 0.2) is 0 Å². The summed E-state index contributed by atoms with van der Waals surface area (Å²) < 4.78 is 12.7. The lowest BCUT2D eigenvalue weighted by atomic mass is 10.1. The summed E-state index contributed by atoms with van der Waals surface area (Å²) in [6.45, 7) is 1.45. The molecule has 0 radical (unpaired) electrons. The third-order valence-electron chi connectivity index (χ3n) is 2.89. The third-order valence-corrected chi connectivity index (χ3v) is 2.89. The fraction of sp³-hybridized carbons (Fsp3) is 0.500. The van der Waals surface area contributed by atoms with Gasteiger partial charge in [-0.2, -0.15) is 0 Å². The first-order valence-electron chi connectivity index (χ1n) is 6.32. The summed E-state index contributed by atoms with van der Waals surface area (Å²) in [5, 5.41) is 0. The second-order valence-corrected chi connectivity index (χ2v) is 4.47. The van der Waals surface area contributed by atoms with E-state index in [4.69, 9.17) is 5.73 Å². The molecule has 0 aliphatic heterocycles. The molecule has 3 nitrogen and oxygen atoms in total. The van der Waals surface area contributed by atoms with Crippen molar-refractivity contribution in [1.82, 2.24) is 4.90 Å². The fourth-order valence-electron chi connectivity index (χ4n) is 1.71. The lowest BCUT2D eigenvalue weighted by molar-refractivity contribution is -0.129. The van der Waals surface area contributed by atoms with Gasteiger partial charge < -0.3 is 10.6 Å². The number of hydrogen-bond acceptors (Lipinski definition) is 2. The zero-order valence-electron chi connectivity index (χ0n) is 10.9. The van der Waals surface area contributed by atoms with Crippen molar-refractivity contribution in [2.45, 2.75) is 25.7 Å². The maximum absolute atomic E-state index is 12.7. The number of benzene rings is 1. The van der Waals surface area contributed by atoms with Gasteiger partial charge in [0.2, 0.25) is 5.91 Å². The van der Waals surface area contributed by atoms with E-state index in [-0.39, 0.29) is 11.7 Å². The minimum atomic E-state index is -0.277. The Balaban J connectivity index is 2.33. The van der Waals surface area contributed by atoms with Crippen LogP contribution in [0.25, 0.3) is 0 Å². The zero-order valence-corrected chi connectivity index (χ0v) is 10.9. The van der Waals surface area contributed by atoms with Crippen LogP contribution in [0.4, 0.5) is 4.39 Å². The summed E-state index contributed by atoms with van der Waals surface area (Å²) in [6.07, 6.45) is 3.35. The van der Waals surface area contributed by atoms with Crippen molar-refractivity contribution >= 4 is 5.91 Å². The molecule has 2 N–H and O–H groups in total. The highest BCUT2D eigenvalue weighted by atomic mass is 19.1. The summed E-state index contributed by atoms with van der Waals surface area (Å²) in [5.41, 5.74) is 6.25. The molecule has 0 aliphatic carbocycles. The quantitative estimate of drug-likeness (QED) is 0.754. The highest BCUT2D eigenvalue weighted by Gasteiger charge is 2.09. The van der Waals surface area contributed by atoms with Crippen LogP contribution in [-0.2, 0) is 11.2 Å². The summed E-state index contributed by atoms with van der Waals surface area (Å²) in [4.78, 5) is 13.6. The molecule has 0 aromatic heterocycles. The Morgan fingerprint density at radius 1 is 1.22 bits per heavy atom. The molecule has 0 saturated heterocycles. The largest absolute Gasteiger partial charge is 0.345 e. The Morgan fingerprint density at radius 3 is 2.50 bits per heavy atom. The van der Waals surface area contributed by atoms with Gasteiger partial charge in [-0.3, -0.25) is 4.79 Å². The Hall–Kier alpha value is -1.42. The Bertz CT molecular complexity index is 365. The van der Waals surface area contributed by atoms with E-state index in [1.165, 1.54) is 12.1 Å². The second kappa shape index (κ2) is 7.82. The molecule has 0 spiro atoms. The lowest BCUT2D eigenvalue weighted by Gasteiger charge is -2.17. The average molecular weight is 252 g/mol. The van der Waals surface area contributed by atoms with Gasteiger partial charge in [-0.1, -0.05) is 18.6 Å². The number of halogens is 1. The van der Waals surface area contributed by atoms with Crippen molar-refractivity contribution in [3.05, 3.63) is 35.6 Å². The van der Waals surface area contributed by atoms with Gasteiger partial charge in [-0.05, 0) is 37.1 Å². The first-order valence-corrected chi connectivity index (χ1v) is 6.32. The van der Waals surface area contributed by atoms with Crippen molar-refractivity contribution in [2.75, 3.05) is 20.1 Å². The van der Waals surface area contributed by atoms with E-state index in [0.29, 0.717) is 13.0 Å². The number of carbonyl (C=O) groups excluding carboxylic acids is 1. The third kappa shape index (κ3) is 5.27. The molecule has 100 valence electrons. The van der Waals surface area contributed by atoms with Crippen molar-refractivity contribution in [3.63, 3.8) is 0 Å². The van der Waals surface area contributed by atoms with Gasteiger partial charge in [-0.25, -0.2) is 4.39 Å². The number of hydrogen-bond donors (Lipinski definition) is 1. The molecule has 0 bridgehead atoms. The van der Waals surface area contributed by atoms with Crippen LogP contribution in [0.5, 0.6) is 0 Å². The van der Waals surface area contributed by atoms with Crippen LogP contribution in [0.3, 0.4) is 0 Å².